The molecular formula is C27H26FN3O3. The van der Waals surface area contributed by atoms with Crippen LogP contribution in [-0.2, 0) is 11.3 Å². The molecule has 3 aromatic carbocycles. The van der Waals surface area contributed by atoms with Gasteiger partial charge in [-0.15, -0.1) is 0 Å². The van der Waals surface area contributed by atoms with E-state index in [0.29, 0.717) is 25.2 Å². The molecule has 0 radical (unpaired) electrons. The van der Waals surface area contributed by atoms with E-state index >= 15 is 0 Å². The summed E-state index contributed by atoms with van der Waals surface area (Å²) < 4.78 is 21.2. The molecule has 1 N–H and O–H groups in total. The fourth-order valence-electron chi connectivity index (χ4n) is 4.52. The Hall–Kier alpha value is -3.71. The Morgan fingerprint density at radius 2 is 1.82 bits per heavy atom. The van der Waals surface area contributed by atoms with Crippen LogP contribution in [0, 0.1) is 12.7 Å². The van der Waals surface area contributed by atoms with E-state index in [-0.39, 0.29) is 24.2 Å². The number of fused-ring (bicyclic) bond motifs is 1. The van der Waals surface area contributed by atoms with E-state index in [1.54, 1.807) is 17.0 Å². The summed E-state index contributed by atoms with van der Waals surface area (Å²) in [5.41, 5.74) is 3.40. The summed E-state index contributed by atoms with van der Waals surface area (Å²) in [5.74, 6) is 0.992. The summed E-state index contributed by atoms with van der Waals surface area (Å²) in [6.07, 6.45) is -0.461. The molecule has 1 aliphatic heterocycles. The third-order valence-electron chi connectivity index (χ3n) is 6.23. The van der Waals surface area contributed by atoms with Gasteiger partial charge in [0.2, 0.25) is 5.91 Å². The standard InChI is InChI=1S/C27H26FN3O3/c1-18-6-2-5-9-25(18)34-17-22(32)16-31-24-8-4-3-7-23(24)29-27(31)19-14-26(33)30(15-19)21-12-10-20(28)11-13-21/h2-13,19,22,32H,14-17H2,1H3/t19-,22-/m0/s1. The molecule has 1 aliphatic rings. The van der Waals surface area contributed by atoms with Crippen LogP contribution in [0.5, 0.6) is 5.75 Å². The van der Waals surface area contributed by atoms with Crippen LogP contribution in [0.4, 0.5) is 10.1 Å². The monoisotopic (exact) mass is 459 g/mol. The number of aliphatic hydroxyl groups excluding tert-OH is 1. The zero-order valence-corrected chi connectivity index (χ0v) is 18.9. The number of amides is 1. The third-order valence-corrected chi connectivity index (χ3v) is 6.23. The SMILES string of the molecule is Cc1ccccc1OC[C@@H](O)Cn1c([C@H]2CC(=O)N(c3ccc(F)cc3)C2)nc2ccccc21. The van der Waals surface area contributed by atoms with E-state index in [0.717, 1.165) is 28.2 Å². The van der Waals surface area contributed by atoms with Gasteiger partial charge in [0.25, 0.3) is 0 Å². The highest BCUT2D eigenvalue weighted by Gasteiger charge is 2.35. The molecular weight excluding hydrogens is 433 g/mol. The van der Waals surface area contributed by atoms with Gasteiger partial charge < -0.3 is 19.3 Å². The summed E-state index contributed by atoms with van der Waals surface area (Å²) in [6, 6.07) is 21.4. The third kappa shape index (κ3) is 4.39. The van der Waals surface area contributed by atoms with Crippen molar-refractivity contribution in [2.75, 3.05) is 18.1 Å². The number of carbonyl (C=O) groups is 1. The minimum atomic E-state index is -0.763. The van der Waals surface area contributed by atoms with E-state index in [1.165, 1.54) is 12.1 Å². The number of imidazole rings is 1. The van der Waals surface area contributed by atoms with Gasteiger partial charge >= 0.3 is 0 Å². The lowest BCUT2D eigenvalue weighted by molar-refractivity contribution is -0.117. The number of carbonyl (C=O) groups excluding carboxylic acids is 1. The Morgan fingerprint density at radius 3 is 2.62 bits per heavy atom. The number of halogens is 1. The van der Waals surface area contributed by atoms with Gasteiger partial charge in [-0.05, 0) is 55.0 Å². The normalized spacial score (nSPS) is 16.9. The molecule has 174 valence electrons. The highest BCUT2D eigenvalue weighted by Crippen LogP contribution is 2.33. The number of nitrogens with zero attached hydrogens (tertiary/aromatic N) is 3. The fourth-order valence-corrected chi connectivity index (χ4v) is 4.52. The number of aliphatic hydroxyl groups is 1. The second-order valence-electron chi connectivity index (χ2n) is 8.68. The van der Waals surface area contributed by atoms with Crippen LogP contribution in [0.1, 0.15) is 23.7 Å². The van der Waals surface area contributed by atoms with Crippen molar-refractivity contribution in [2.45, 2.75) is 31.9 Å². The summed E-state index contributed by atoms with van der Waals surface area (Å²) in [4.78, 5) is 19.3. The van der Waals surface area contributed by atoms with Gasteiger partial charge in [-0.2, -0.15) is 0 Å². The van der Waals surface area contributed by atoms with Crippen LogP contribution in [-0.4, -0.2) is 39.8 Å². The number of aromatic nitrogens is 2. The molecule has 0 saturated carbocycles. The average molecular weight is 460 g/mol. The lowest BCUT2D eigenvalue weighted by Gasteiger charge is -2.19. The van der Waals surface area contributed by atoms with Crippen molar-refractivity contribution >= 4 is 22.6 Å². The van der Waals surface area contributed by atoms with E-state index < -0.39 is 6.10 Å². The van der Waals surface area contributed by atoms with Gasteiger partial charge in [0.05, 0.1) is 17.6 Å². The van der Waals surface area contributed by atoms with Crippen molar-refractivity contribution in [2.24, 2.45) is 0 Å². The minimum Gasteiger partial charge on any atom is -0.491 e. The molecule has 0 bridgehead atoms. The first-order valence-corrected chi connectivity index (χ1v) is 11.4. The molecule has 6 nitrogen and oxygen atoms in total. The topological polar surface area (TPSA) is 67.6 Å². The molecule has 2 heterocycles. The van der Waals surface area contributed by atoms with E-state index in [4.69, 9.17) is 9.72 Å². The average Bonchev–Trinajstić information content (AvgIpc) is 3.40. The Balaban J connectivity index is 1.38. The van der Waals surface area contributed by atoms with Gasteiger partial charge in [-0.25, -0.2) is 9.37 Å². The van der Waals surface area contributed by atoms with Crippen LogP contribution < -0.4 is 9.64 Å². The summed E-state index contributed by atoms with van der Waals surface area (Å²) >= 11 is 0. The number of rotatable bonds is 7. The van der Waals surface area contributed by atoms with Gasteiger partial charge in [0.1, 0.15) is 30.1 Å². The van der Waals surface area contributed by atoms with Crippen molar-refractivity contribution in [3.05, 3.63) is 90.0 Å². The molecule has 1 saturated heterocycles. The van der Waals surface area contributed by atoms with Gasteiger partial charge in [0.15, 0.2) is 0 Å². The molecule has 4 aromatic rings. The van der Waals surface area contributed by atoms with Gasteiger partial charge in [-0.1, -0.05) is 30.3 Å². The maximum absolute atomic E-state index is 13.3. The zero-order chi connectivity index (χ0) is 23.7. The first kappa shape index (κ1) is 22.1. The molecule has 5 rings (SSSR count). The van der Waals surface area contributed by atoms with Crippen molar-refractivity contribution in [1.82, 2.24) is 9.55 Å². The molecule has 7 heteroatoms. The van der Waals surface area contributed by atoms with Crippen molar-refractivity contribution < 1.29 is 19.0 Å². The Labute approximate surface area is 197 Å². The fraction of sp³-hybridized carbons (Fsp3) is 0.259. The number of para-hydroxylation sites is 3. The Kier molecular flexibility index (Phi) is 6.02. The smallest absolute Gasteiger partial charge is 0.227 e. The summed E-state index contributed by atoms with van der Waals surface area (Å²) in [6.45, 7) is 2.85. The molecule has 0 aliphatic carbocycles. The van der Waals surface area contributed by atoms with Crippen molar-refractivity contribution in [3.63, 3.8) is 0 Å². The van der Waals surface area contributed by atoms with E-state index in [1.807, 2.05) is 60.0 Å². The first-order chi connectivity index (χ1) is 16.5. The molecule has 1 fully saturated rings. The zero-order valence-electron chi connectivity index (χ0n) is 18.9. The maximum atomic E-state index is 13.3. The number of aryl methyl sites for hydroxylation is 1. The predicted molar refractivity (Wildman–Crippen MR) is 129 cm³/mol. The molecule has 0 unspecified atom stereocenters. The molecule has 1 aromatic heterocycles. The quantitative estimate of drug-likeness (QED) is 0.444. The second-order valence-corrected chi connectivity index (χ2v) is 8.68. The predicted octanol–water partition coefficient (Wildman–Crippen LogP) is 4.44. The van der Waals surface area contributed by atoms with Crippen molar-refractivity contribution in [3.8, 4) is 5.75 Å². The van der Waals surface area contributed by atoms with Crippen LogP contribution >= 0.6 is 0 Å². The van der Waals surface area contributed by atoms with Crippen LogP contribution in [0.15, 0.2) is 72.8 Å². The number of hydrogen-bond acceptors (Lipinski definition) is 4. The largest absolute Gasteiger partial charge is 0.491 e. The minimum absolute atomic E-state index is 0.0290. The summed E-state index contributed by atoms with van der Waals surface area (Å²) in [5, 5.41) is 10.8. The number of ether oxygens (including phenoxy) is 1. The van der Waals surface area contributed by atoms with Gasteiger partial charge in [0, 0.05) is 24.6 Å². The lowest BCUT2D eigenvalue weighted by atomic mass is 10.1. The Bertz CT molecular complexity index is 1320. The second kappa shape index (κ2) is 9.27. The number of anilines is 1. The highest BCUT2D eigenvalue weighted by molar-refractivity contribution is 5.96. The highest BCUT2D eigenvalue weighted by atomic mass is 19.1. The van der Waals surface area contributed by atoms with Crippen LogP contribution in [0.25, 0.3) is 11.0 Å². The van der Waals surface area contributed by atoms with Crippen LogP contribution in [0.3, 0.4) is 0 Å². The molecule has 0 spiro atoms. The van der Waals surface area contributed by atoms with E-state index in [9.17, 15) is 14.3 Å². The number of hydrogen-bond donors (Lipinski definition) is 1. The van der Waals surface area contributed by atoms with Crippen LogP contribution in [0.2, 0.25) is 0 Å². The molecule has 34 heavy (non-hydrogen) atoms. The lowest BCUT2D eigenvalue weighted by Crippen LogP contribution is -2.26. The number of benzene rings is 3. The molecule has 1 amide bonds. The maximum Gasteiger partial charge on any atom is 0.227 e. The summed E-state index contributed by atoms with van der Waals surface area (Å²) in [7, 11) is 0. The van der Waals surface area contributed by atoms with E-state index in [2.05, 4.69) is 0 Å². The first-order valence-electron chi connectivity index (χ1n) is 11.4. The van der Waals surface area contributed by atoms with Crippen molar-refractivity contribution in [1.29, 1.82) is 0 Å². The molecule has 2 atom stereocenters. The van der Waals surface area contributed by atoms with Gasteiger partial charge in [-0.3, -0.25) is 4.79 Å². The Morgan fingerprint density at radius 1 is 1.09 bits per heavy atom.